The van der Waals surface area contributed by atoms with Crippen LogP contribution < -0.4 is 15.8 Å². The quantitative estimate of drug-likeness (QED) is 0.673. The Morgan fingerprint density at radius 3 is 2.68 bits per heavy atom. The van der Waals surface area contributed by atoms with Crippen molar-refractivity contribution in [3.8, 4) is 5.75 Å². The molecule has 0 aromatic heterocycles. The van der Waals surface area contributed by atoms with E-state index in [9.17, 15) is 13.6 Å². The Bertz CT molecular complexity index is 730. The highest BCUT2D eigenvalue weighted by molar-refractivity contribution is 6.02. The van der Waals surface area contributed by atoms with E-state index in [0.29, 0.717) is 17.0 Å². The lowest BCUT2D eigenvalue weighted by Crippen LogP contribution is -2.09. The lowest BCUT2D eigenvalue weighted by atomic mass is 10.1. The van der Waals surface area contributed by atoms with Crippen molar-refractivity contribution in [1.29, 1.82) is 0 Å². The van der Waals surface area contributed by atoms with Crippen molar-refractivity contribution >= 4 is 23.4 Å². The summed E-state index contributed by atoms with van der Waals surface area (Å²) in [5.74, 6) is -1.40. The number of nitrogens with two attached hydrogens (primary N) is 1. The minimum Gasteiger partial charge on any atom is -0.495 e. The van der Waals surface area contributed by atoms with Crippen LogP contribution in [-0.2, 0) is 4.79 Å². The van der Waals surface area contributed by atoms with Gasteiger partial charge in [-0.25, -0.2) is 8.78 Å². The van der Waals surface area contributed by atoms with E-state index in [4.69, 9.17) is 10.5 Å². The zero-order valence-electron chi connectivity index (χ0n) is 11.8. The molecule has 0 fully saturated rings. The normalized spacial score (nSPS) is 10.7. The van der Waals surface area contributed by atoms with Crippen molar-refractivity contribution in [2.45, 2.75) is 0 Å². The fourth-order valence-electron chi connectivity index (χ4n) is 1.80. The van der Waals surface area contributed by atoms with E-state index in [1.54, 1.807) is 18.2 Å². The molecule has 0 bridgehead atoms. The zero-order chi connectivity index (χ0) is 16.1. The van der Waals surface area contributed by atoms with E-state index in [-0.39, 0.29) is 5.69 Å². The van der Waals surface area contributed by atoms with Gasteiger partial charge in [0.25, 0.3) is 0 Å². The van der Waals surface area contributed by atoms with Gasteiger partial charge in [0.2, 0.25) is 5.91 Å². The summed E-state index contributed by atoms with van der Waals surface area (Å²) in [6, 6.07) is 7.83. The number of amides is 1. The number of rotatable bonds is 4. The topological polar surface area (TPSA) is 64.3 Å². The second-order valence-electron chi connectivity index (χ2n) is 4.45. The van der Waals surface area contributed by atoms with E-state index < -0.39 is 17.5 Å². The standard InChI is InChI=1S/C16H14F2N2O2/c1-22-15-6-2-10(8-13(15)19)3-7-16(21)20-14-9-11(17)4-5-12(14)18/h2-9H,19H2,1H3,(H,20,21)/b7-3-. The number of benzene rings is 2. The van der Waals surface area contributed by atoms with Crippen LogP contribution in [0.4, 0.5) is 20.2 Å². The molecule has 0 aliphatic carbocycles. The van der Waals surface area contributed by atoms with Crippen LogP contribution in [0.2, 0.25) is 0 Å². The van der Waals surface area contributed by atoms with Gasteiger partial charge in [0.15, 0.2) is 0 Å². The molecule has 0 aliphatic heterocycles. The summed E-state index contributed by atoms with van der Waals surface area (Å²) in [6.45, 7) is 0. The third-order valence-corrected chi connectivity index (χ3v) is 2.87. The molecular weight excluding hydrogens is 290 g/mol. The van der Waals surface area contributed by atoms with Crippen LogP contribution in [0.25, 0.3) is 6.08 Å². The molecule has 0 aliphatic rings. The minimum absolute atomic E-state index is 0.219. The van der Waals surface area contributed by atoms with Gasteiger partial charge in [-0.1, -0.05) is 6.07 Å². The highest BCUT2D eigenvalue weighted by Crippen LogP contribution is 2.22. The summed E-state index contributed by atoms with van der Waals surface area (Å²) in [5.41, 5.74) is 6.63. The number of carbonyl (C=O) groups excluding carboxylic acids is 1. The van der Waals surface area contributed by atoms with Crippen LogP contribution in [-0.4, -0.2) is 13.0 Å². The van der Waals surface area contributed by atoms with Gasteiger partial charge in [-0.15, -0.1) is 0 Å². The van der Waals surface area contributed by atoms with E-state index in [1.807, 2.05) is 0 Å². The van der Waals surface area contributed by atoms with Crippen molar-refractivity contribution in [2.24, 2.45) is 0 Å². The number of carbonyl (C=O) groups is 1. The Hall–Kier alpha value is -2.89. The highest BCUT2D eigenvalue weighted by Gasteiger charge is 2.06. The lowest BCUT2D eigenvalue weighted by Gasteiger charge is -2.05. The third kappa shape index (κ3) is 3.82. The van der Waals surface area contributed by atoms with E-state index >= 15 is 0 Å². The minimum atomic E-state index is -0.711. The van der Waals surface area contributed by atoms with Gasteiger partial charge in [0.05, 0.1) is 18.5 Å². The lowest BCUT2D eigenvalue weighted by molar-refractivity contribution is -0.111. The molecule has 0 saturated heterocycles. The molecule has 0 unspecified atom stereocenters. The highest BCUT2D eigenvalue weighted by atomic mass is 19.1. The third-order valence-electron chi connectivity index (χ3n) is 2.87. The largest absolute Gasteiger partial charge is 0.495 e. The van der Waals surface area contributed by atoms with Crippen LogP contribution in [0.1, 0.15) is 5.56 Å². The Morgan fingerprint density at radius 2 is 2.00 bits per heavy atom. The average molecular weight is 304 g/mol. The maximum absolute atomic E-state index is 13.4. The van der Waals surface area contributed by atoms with Crippen molar-refractivity contribution in [2.75, 3.05) is 18.2 Å². The number of halogens is 2. The van der Waals surface area contributed by atoms with Crippen molar-refractivity contribution < 1.29 is 18.3 Å². The molecule has 0 saturated carbocycles. The van der Waals surface area contributed by atoms with E-state index in [2.05, 4.69) is 5.32 Å². The van der Waals surface area contributed by atoms with Gasteiger partial charge in [0, 0.05) is 12.1 Å². The van der Waals surface area contributed by atoms with Gasteiger partial charge in [-0.2, -0.15) is 0 Å². The molecule has 0 heterocycles. The molecule has 0 atom stereocenters. The maximum atomic E-state index is 13.4. The second-order valence-corrected chi connectivity index (χ2v) is 4.45. The fourth-order valence-corrected chi connectivity index (χ4v) is 1.80. The number of hydrogen-bond donors (Lipinski definition) is 2. The van der Waals surface area contributed by atoms with Crippen LogP contribution in [0.3, 0.4) is 0 Å². The van der Waals surface area contributed by atoms with Crippen LogP contribution in [0.5, 0.6) is 5.75 Å². The zero-order valence-corrected chi connectivity index (χ0v) is 11.8. The fraction of sp³-hybridized carbons (Fsp3) is 0.0625. The van der Waals surface area contributed by atoms with Crippen molar-refractivity contribution in [1.82, 2.24) is 0 Å². The van der Waals surface area contributed by atoms with Gasteiger partial charge in [-0.3, -0.25) is 4.79 Å². The average Bonchev–Trinajstić information content (AvgIpc) is 2.49. The SMILES string of the molecule is COc1ccc(/C=C\C(=O)Nc2cc(F)ccc2F)cc1N. The number of nitrogens with one attached hydrogen (secondary N) is 1. The molecule has 114 valence electrons. The first kappa shape index (κ1) is 15.5. The maximum Gasteiger partial charge on any atom is 0.248 e. The number of methoxy groups -OCH3 is 1. The molecule has 6 heteroatoms. The predicted molar refractivity (Wildman–Crippen MR) is 81.4 cm³/mol. The first-order valence-corrected chi connectivity index (χ1v) is 6.37. The van der Waals surface area contributed by atoms with Gasteiger partial charge < -0.3 is 15.8 Å². The Morgan fingerprint density at radius 1 is 1.23 bits per heavy atom. The van der Waals surface area contributed by atoms with Gasteiger partial charge >= 0.3 is 0 Å². The number of ether oxygens (including phenoxy) is 1. The summed E-state index contributed by atoms with van der Waals surface area (Å²) in [5, 5.41) is 2.26. The van der Waals surface area contributed by atoms with Crippen LogP contribution in [0, 0.1) is 11.6 Å². The summed E-state index contributed by atoms with van der Waals surface area (Å²) in [7, 11) is 1.50. The van der Waals surface area contributed by atoms with Crippen LogP contribution in [0.15, 0.2) is 42.5 Å². The first-order chi connectivity index (χ1) is 10.5. The molecule has 3 N–H and O–H groups in total. The Balaban J connectivity index is 2.08. The monoisotopic (exact) mass is 304 g/mol. The molecule has 22 heavy (non-hydrogen) atoms. The Kier molecular flexibility index (Phi) is 4.73. The molecule has 2 aromatic rings. The molecular formula is C16H14F2N2O2. The molecule has 1 amide bonds. The van der Waals surface area contributed by atoms with Gasteiger partial charge in [-0.05, 0) is 35.9 Å². The number of nitrogen functional groups attached to an aromatic ring is 1. The summed E-state index contributed by atoms with van der Waals surface area (Å²) >= 11 is 0. The van der Waals surface area contributed by atoms with Crippen molar-refractivity contribution in [3.63, 3.8) is 0 Å². The molecule has 0 radical (unpaired) electrons. The number of anilines is 2. The summed E-state index contributed by atoms with van der Waals surface area (Å²) in [6.07, 6.45) is 2.70. The van der Waals surface area contributed by atoms with Crippen molar-refractivity contribution in [3.05, 3.63) is 59.7 Å². The first-order valence-electron chi connectivity index (χ1n) is 6.37. The predicted octanol–water partition coefficient (Wildman–Crippen LogP) is 3.21. The summed E-state index contributed by atoms with van der Waals surface area (Å²) in [4.78, 5) is 11.7. The smallest absolute Gasteiger partial charge is 0.248 e. The molecule has 4 nitrogen and oxygen atoms in total. The van der Waals surface area contributed by atoms with E-state index in [1.165, 1.54) is 19.3 Å². The van der Waals surface area contributed by atoms with Gasteiger partial charge in [0.1, 0.15) is 17.4 Å². The molecule has 2 rings (SSSR count). The Labute approximate surface area is 126 Å². The molecule has 2 aromatic carbocycles. The summed E-state index contributed by atoms with van der Waals surface area (Å²) < 4.78 is 31.4. The number of hydrogen-bond acceptors (Lipinski definition) is 3. The molecule has 0 spiro atoms. The van der Waals surface area contributed by atoms with Crippen LogP contribution >= 0.6 is 0 Å². The van der Waals surface area contributed by atoms with E-state index in [0.717, 1.165) is 18.2 Å². The second kappa shape index (κ2) is 6.71.